The van der Waals surface area contributed by atoms with Crippen LogP contribution in [0.2, 0.25) is 0 Å². The van der Waals surface area contributed by atoms with Gasteiger partial charge in [0.25, 0.3) is 0 Å². The van der Waals surface area contributed by atoms with Gasteiger partial charge in [-0.15, -0.1) is 22.7 Å². The van der Waals surface area contributed by atoms with Gasteiger partial charge >= 0.3 is 0 Å². The number of carbonyl (C=O) groups is 2. The van der Waals surface area contributed by atoms with Gasteiger partial charge in [-0.25, -0.2) is 0 Å². The first kappa shape index (κ1) is 37.9. The molecule has 0 aliphatic rings. The van der Waals surface area contributed by atoms with Crippen molar-refractivity contribution in [3.05, 3.63) is 19.5 Å². The Bertz CT molecular complexity index is 1000. The Morgan fingerprint density at radius 1 is 0.409 bits per heavy atom. The fourth-order valence-corrected chi connectivity index (χ4v) is 6.57. The number of unbranched alkanes of at least 4 members (excludes halogenated alkanes) is 12. The van der Waals surface area contributed by atoms with Crippen LogP contribution < -0.4 is 18.9 Å². The maximum absolute atomic E-state index is 12.1. The second-order valence-corrected chi connectivity index (χ2v) is 13.4. The molecule has 0 N–H and O–H groups in total. The average Bonchev–Trinajstić information content (AvgIpc) is 3.55. The Hall–Kier alpha value is -2.32. The third-order valence-electron chi connectivity index (χ3n) is 7.32. The number of rotatable bonds is 28. The Labute approximate surface area is 274 Å². The molecule has 0 atom stereocenters. The van der Waals surface area contributed by atoms with E-state index >= 15 is 0 Å². The van der Waals surface area contributed by atoms with E-state index < -0.39 is 0 Å². The quantitative estimate of drug-likeness (QED) is 0.0675. The van der Waals surface area contributed by atoms with Gasteiger partial charge in [-0.05, 0) is 37.8 Å². The van der Waals surface area contributed by atoms with E-state index in [0.717, 1.165) is 99.4 Å². The highest BCUT2D eigenvalue weighted by Crippen LogP contribution is 2.46. The molecule has 6 nitrogen and oxygen atoms in total. The topological polar surface area (TPSA) is 71.1 Å². The molecule has 0 unspecified atom stereocenters. The lowest BCUT2D eigenvalue weighted by atomic mass is 10.2. The highest BCUT2D eigenvalue weighted by Gasteiger charge is 2.22. The first-order valence-electron chi connectivity index (χ1n) is 17.1. The number of hydrogen-bond donors (Lipinski definition) is 0. The second-order valence-electron chi connectivity index (χ2n) is 11.2. The van der Waals surface area contributed by atoms with Gasteiger partial charge in [0, 0.05) is 0 Å². The van der Waals surface area contributed by atoms with Gasteiger partial charge in [0.2, 0.25) is 0 Å². The molecule has 0 aliphatic heterocycles. The molecule has 8 heteroatoms. The smallest absolute Gasteiger partial charge is 0.183 e. The first-order valence-corrected chi connectivity index (χ1v) is 18.7. The minimum atomic E-state index is 0.534. The van der Waals surface area contributed by atoms with Crippen molar-refractivity contribution >= 4 is 47.4 Å². The lowest BCUT2D eigenvalue weighted by Gasteiger charge is -2.11. The average molecular weight is 649 g/mol. The van der Waals surface area contributed by atoms with Crippen molar-refractivity contribution in [1.82, 2.24) is 0 Å². The molecule has 0 saturated heterocycles. The van der Waals surface area contributed by atoms with Crippen LogP contribution in [0.5, 0.6) is 23.0 Å². The molecule has 248 valence electrons. The fourth-order valence-electron chi connectivity index (χ4n) is 4.75. The Balaban J connectivity index is 2.37. The molecule has 0 fully saturated rings. The number of ether oxygens (including phenoxy) is 4. The van der Waals surface area contributed by atoms with Crippen LogP contribution in [0.15, 0.2) is 0 Å². The molecule has 0 aliphatic carbocycles. The normalized spacial score (nSPS) is 11.3. The van der Waals surface area contributed by atoms with Crippen LogP contribution >= 0.6 is 22.7 Å². The Morgan fingerprint density at radius 2 is 0.682 bits per heavy atom. The van der Waals surface area contributed by atoms with Crippen molar-refractivity contribution < 1.29 is 28.5 Å². The van der Waals surface area contributed by atoms with E-state index in [1.54, 1.807) is 0 Å². The van der Waals surface area contributed by atoms with E-state index in [1.165, 1.54) is 48.4 Å². The van der Waals surface area contributed by atoms with Gasteiger partial charge in [0.1, 0.15) is 9.75 Å². The third-order valence-corrected chi connectivity index (χ3v) is 9.41. The standard InChI is InChI=1S/C36H56O6S2/c1-5-9-13-17-23-39-33-29(43-31(27-37)35(33)41-25-19-15-11-7-3)21-22-30-34(40-24-18-14-10-6-2)36(32(28-38)44-30)42-26-20-16-12-8-4/h21-22,27-28H,5-20,23-26H2,1-4H3/b22-21+. The highest BCUT2D eigenvalue weighted by molar-refractivity contribution is 7.16. The Morgan fingerprint density at radius 3 is 0.932 bits per heavy atom. The molecule has 2 aromatic heterocycles. The first-order chi connectivity index (χ1) is 21.6. The predicted molar refractivity (Wildman–Crippen MR) is 187 cm³/mol. The zero-order valence-corrected chi connectivity index (χ0v) is 29.4. The maximum Gasteiger partial charge on any atom is 0.183 e. The van der Waals surface area contributed by atoms with E-state index in [1.807, 2.05) is 12.2 Å². The van der Waals surface area contributed by atoms with Crippen molar-refractivity contribution in [2.45, 2.75) is 130 Å². The summed E-state index contributed by atoms with van der Waals surface area (Å²) in [5.74, 6) is 2.34. The van der Waals surface area contributed by atoms with E-state index in [9.17, 15) is 9.59 Å². The summed E-state index contributed by atoms with van der Waals surface area (Å²) in [6.07, 6.45) is 23.1. The fraction of sp³-hybridized carbons (Fsp3) is 0.667. The van der Waals surface area contributed by atoms with Crippen LogP contribution in [-0.2, 0) is 0 Å². The molecule has 0 amide bonds. The van der Waals surface area contributed by atoms with Crippen LogP contribution in [0.4, 0.5) is 0 Å². The molecule has 0 saturated carbocycles. The molecule has 0 radical (unpaired) electrons. The highest BCUT2D eigenvalue weighted by atomic mass is 32.1. The molecule has 0 aromatic carbocycles. The minimum absolute atomic E-state index is 0.534. The molecule has 2 aromatic rings. The van der Waals surface area contributed by atoms with E-state index in [-0.39, 0.29) is 0 Å². The summed E-state index contributed by atoms with van der Waals surface area (Å²) in [6.45, 7) is 11.0. The number of aldehydes is 2. The summed E-state index contributed by atoms with van der Waals surface area (Å²) in [6, 6.07) is 0. The molecule has 0 spiro atoms. The largest absolute Gasteiger partial charge is 0.488 e. The van der Waals surface area contributed by atoms with Crippen molar-refractivity contribution in [3.63, 3.8) is 0 Å². The van der Waals surface area contributed by atoms with Crippen LogP contribution in [0, 0.1) is 0 Å². The lowest BCUT2D eigenvalue weighted by Crippen LogP contribution is -2.03. The summed E-state index contributed by atoms with van der Waals surface area (Å²) < 4.78 is 24.9. The van der Waals surface area contributed by atoms with Gasteiger partial charge in [0.05, 0.1) is 36.2 Å². The molecule has 44 heavy (non-hydrogen) atoms. The van der Waals surface area contributed by atoms with Gasteiger partial charge in [-0.2, -0.15) is 0 Å². The number of hydrogen-bond acceptors (Lipinski definition) is 8. The van der Waals surface area contributed by atoms with Gasteiger partial charge in [-0.3, -0.25) is 9.59 Å². The zero-order chi connectivity index (χ0) is 31.8. The van der Waals surface area contributed by atoms with Crippen molar-refractivity contribution in [1.29, 1.82) is 0 Å². The van der Waals surface area contributed by atoms with E-state index in [0.29, 0.717) is 59.2 Å². The van der Waals surface area contributed by atoms with Gasteiger partial charge in [-0.1, -0.05) is 105 Å². The van der Waals surface area contributed by atoms with Crippen molar-refractivity contribution in [3.8, 4) is 23.0 Å². The van der Waals surface area contributed by atoms with E-state index in [4.69, 9.17) is 18.9 Å². The molecule has 2 rings (SSSR count). The lowest BCUT2D eigenvalue weighted by molar-refractivity contribution is 0.111. The van der Waals surface area contributed by atoms with Crippen LogP contribution in [0.3, 0.4) is 0 Å². The molecule has 2 heterocycles. The summed E-state index contributed by atoms with van der Waals surface area (Å²) in [7, 11) is 0. The molecule has 0 bridgehead atoms. The molecular formula is C36H56O6S2. The predicted octanol–water partition coefficient (Wildman–Crippen LogP) is 11.4. The minimum Gasteiger partial charge on any atom is -0.488 e. The zero-order valence-electron chi connectivity index (χ0n) is 27.7. The van der Waals surface area contributed by atoms with Crippen molar-refractivity contribution in [2.75, 3.05) is 26.4 Å². The Kier molecular flexibility index (Phi) is 20.6. The number of thiophene rings is 2. The van der Waals surface area contributed by atoms with Gasteiger partial charge in [0.15, 0.2) is 35.6 Å². The SMILES string of the molecule is CCCCCCOc1c(C=O)sc(/C=C/c2sc(C=O)c(OCCCCCC)c2OCCCCCC)c1OCCCCCC. The number of carbonyl (C=O) groups excluding carboxylic acids is 2. The third kappa shape index (κ3) is 13.4. The van der Waals surface area contributed by atoms with Crippen molar-refractivity contribution in [2.24, 2.45) is 0 Å². The molecular weight excluding hydrogens is 593 g/mol. The summed E-state index contributed by atoms with van der Waals surface area (Å²) in [5.41, 5.74) is 0. The monoisotopic (exact) mass is 648 g/mol. The summed E-state index contributed by atoms with van der Waals surface area (Å²) >= 11 is 2.74. The van der Waals surface area contributed by atoms with Crippen LogP contribution in [0.1, 0.15) is 160 Å². The van der Waals surface area contributed by atoms with Crippen LogP contribution in [0.25, 0.3) is 12.2 Å². The summed E-state index contributed by atoms with van der Waals surface area (Å²) in [5, 5.41) is 0. The van der Waals surface area contributed by atoms with Gasteiger partial charge < -0.3 is 18.9 Å². The van der Waals surface area contributed by atoms with E-state index in [2.05, 4.69) is 27.7 Å². The second kappa shape index (κ2) is 24.0. The van der Waals surface area contributed by atoms with Crippen LogP contribution in [-0.4, -0.2) is 39.0 Å². The maximum atomic E-state index is 12.1. The summed E-state index contributed by atoms with van der Waals surface area (Å²) in [4.78, 5) is 26.9.